The van der Waals surface area contributed by atoms with Crippen molar-refractivity contribution in [3.8, 4) is 0 Å². The maximum Gasteiger partial charge on any atom is 0.261 e. The highest BCUT2D eigenvalue weighted by molar-refractivity contribution is 7.92. The van der Waals surface area contributed by atoms with E-state index in [1.807, 2.05) is 6.92 Å². The van der Waals surface area contributed by atoms with Crippen LogP contribution >= 0.6 is 0 Å². The van der Waals surface area contributed by atoms with Gasteiger partial charge in [-0.1, -0.05) is 24.6 Å². The molecule has 0 saturated carbocycles. The van der Waals surface area contributed by atoms with Crippen molar-refractivity contribution in [2.45, 2.75) is 18.7 Å². The van der Waals surface area contributed by atoms with Crippen molar-refractivity contribution < 1.29 is 12.8 Å². The fraction of sp³-hybridized carbons (Fsp3) is 0.368. The molecule has 0 unspecified atom stereocenters. The van der Waals surface area contributed by atoms with Crippen LogP contribution in [0.5, 0.6) is 0 Å². The number of halogens is 1. The lowest BCUT2D eigenvalue weighted by atomic mass is 10.2. The molecule has 1 fully saturated rings. The highest BCUT2D eigenvalue weighted by Crippen LogP contribution is 2.25. The zero-order valence-electron chi connectivity index (χ0n) is 15.1. The molecule has 2 aromatic carbocycles. The van der Waals surface area contributed by atoms with Crippen LogP contribution in [0.2, 0.25) is 0 Å². The number of piperazine rings is 1. The maximum atomic E-state index is 14.5. The average molecular weight is 377 g/mol. The number of hydrogen-bond acceptors (Lipinski definition) is 4. The normalized spacial score (nSPS) is 15.9. The molecule has 1 aliphatic heterocycles. The number of nitrogens with zero attached hydrogens (tertiary/aromatic N) is 2. The van der Waals surface area contributed by atoms with Crippen LogP contribution in [0.1, 0.15) is 12.5 Å². The first-order chi connectivity index (χ1) is 12.4. The third-order valence-corrected chi connectivity index (χ3v) is 6.09. The van der Waals surface area contributed by atoms with Gasteiger partial charge in [-0.2, -0.15) is 0 Å². The Kier molecular flexibility index (Phi) is 5.48. The Morgan fingerprint density at radius 2 is 1.69 bits per heavy atom. The molecule has 2 aromatic rings. The molecule has 140 valence electrons. The molecule has 0 aliphatic carbocycles. The van der Waals surface area contributed by atoms with Crippen LogP contribution < -0.4 is 9.62 Å². The fourth-order valence-electron chi connectivity index (χ4n) is 3.03. The summed E-state index contributed by atoms with van der Waals surface area (Å²) < 4.78 is 41.7. The van der Waals surface area contributed by atoms with E-state index in [0.29, 0.717) is 0 Å². The van der Waals surface area contributed by atoms with Crippen LogP contribution in [0.15, 0.2) is 47.4 Å². The van der Waals surface area contributed by atoms with Crippen molar-refractivity contribution in [3.63, 3.8) is 0 Å². The van der Waals surface area contributed by atoms with Crippen LogP contribution in [-0.4, -0.2) is 46.0 Å². The van der Waals surface area contributed by atoms with Crippen molar-refractivity contribution >= 4 is 21.4 Å². The van der Waals surface area contributed by atoms with Gasteiger partial charge in [0, 0.05) is 31.9 Å². The quantitative estimate of drug-likeness (QED) is 0.870. The number of anilines is 2. The topological polar surface area (TPSA) is 52.6 Å². The van der Waals surface area contributed by atoms with Crippen LogP contribution in [0.4, 0.5) is 15.8 Å². The van der Waals surface area contributed by atoms with Crippen LogP contribution in [0.25, 0.3) is 0 Å². The van der Waals surface area contributed by atoms with Gasteiger partial charge in [-0.3, -0.25) is 4.72 Å². The summed E-state index contributed by atoms with van der Waals surface area (Å²) in [4.78, 5) is 4.58. The summed E-state index contributed by atoms with van der Waals surface area (Å²) in [6, 6.07) is 11.1. The van der Waals surface area contributed by atoms with Crippen LogP contribution in [-0.2, 0) is 10.0 Å². The molecule has 1 N–H and O–H groups in total. The van der Waals surface area contributed by atoms with Gasteiger partial charge in [0.1, 0.15) is 5.82 Å². The molecule has 0 bridgehead atoms. The fourth-order valence-corrected chi connectivity index (χ4v) is 4.09. The molecule has 26 heavy (non-hydrogen) atoms. The molecule has 1 heterocycles. The van der Waals surface area contributed by atoms with E-state index in [4.69, 9.17) is 0 Å². The molecule has 0 aromatic heterocycles. The zero-order valence-corrected chi connectivity index (χ0v) is 15.9. The molecular formula is C19H24FN3O2S. The van der Waals surface area contributed by atoms with Gasteiger partial charge < -0.3 is 9.80 Å². The van der Waals surface area contributed by atoms with Crippen LogP contribution in [0.3, 0.4) is 0 Å². The van der Waals surface area contributed by atoms with Gasteiger partial charge in [0.2, 0.25) is 0 Å². The van der Waals surface area contributed by atoms with Crippen molar-refractivity contribution in [1.29, 1.82) is 0 Å². The molecule has 1 saturated heterocycles. The highest BCUT2D eigenvalue weighted by atomic mass is 32.2. The summed E-state index contributed by atoms with van der Waals surface area (Å²) in [5.41, 5.74) is 1.70. The number of rotatable bonds is 5. The first kappa shape index (κ1) is 18.7. The summed E-state index contributed by atoms with van der Waals surface area (Å²) in [5, 5.41) is 0. The number of sulfonamides is 1. The molecule has 7 heteroatoms. The molecule has 5 nitrogen and oxygen atoms in total. The lowest BCUT2D eigenvalue weighted by molar-refractivity contribution is 0.271. The van der Waals surface area contributed by atoms with E-state index < -0.39 is 15.8 Å². The van der Waals surface area contributed by atoms with Crippen LogP contribution in [0, 0.1) is 12.7 Å². The minimum atomic E-state index is -3.81. The van der Waals surface area contributed by atoms with E-state index >= 15 is 0 Å². The van der Waals surface area contributed by atoms with Crippen molar-refractivity contribution in [3.05, 3.63) is 53.8 Å². The van der Waals surface area contributed by atoms with Gasteiger partial charge in [-0.15, -0.1) is 0 Å². The van der Waals surface area contributed by atoms with Gasteiger partial charge >= 0.3 is 0 Å². The minimum absolute atomic E-state index is 0.0403. The maximum absolute atomic E-state index is 14.5. The Bertz CT molecular complexity index is 861. The lowest BCUT2D eigenvalue weighted by Crippen LogP contribution is -2.46. The van der Waals surface area contributed by atoms with E-state index in [0.717, 1.165) is 44.0 Å². The molecule has 0 amide bonds. The Hall–Kier alpha value is -2.12. The number of benzene rings is 2. The largest absolute Gasteiger partial charge is 0.369 e. The van der Waals surface area contributed by atoms with Gasteiger partial charge in [-0.05, 0) is 43.8 Å². The molecule has 0 radical (unpaired) electrons. The number of nitrogens with one attached hydrogen (secondary N) is 1. The molecule has 0 atom stereocenters. The second-order valence-electron chi connectivity index (χ2n) is 6.50. The molecule has 1 aliphatic rings. The van der Waals surface area contributed by atoms with Gasteiger partial charge in [0.15, 0.2) is 0 Å². The predicted octanol–water partition coefficient (Wildman–Crippen LogP) is 3.08. The Balaban J connectivity index is 1.74. The first-order valence-electron chi connectivity index (χ1n) is 8.75. The second-order valence-corrected chi connectivity index (χ2v) is 8.19. The molecular weight excluding hydrogens is 353 g/mol. The monoisotopic (exact) mass is 377 g/mol. The molecule has 0 spiro atoms. The summed E-state index contributed by atoms with van der Waals surface area (Å²) in [5.74, 6) is -0.573. The minimum Gasteiger partial charge on any atom is -0.369 e. The number of likely N-dealkylation sites (N-methyl/N-ethyl adjacent to an activating group) is 1. The molecule has 3 rings (SSSR count). The third-order valence-electron chi connectivity index (χ3n) is 4.71. The number of hydrogen-bond donors (Lipinski definition) is 1. The average Bonchev–Trinajstić information content (AvgIpc) is 2.64. The van der Waals surface area contributed by atoms with E-state index in [1.54, 1.807) is 18.2 Å². The zero-order chi connectivity index (χ0) is 18.7. The van der Waals surface area contributed by atoms with E-state index in [9.17, 15) is 12.8 Å². The van der Waals surface area contributed by atoms with E-state index in [-0.39, 0.29) is 10.6 Å². The van der Waals surface area contributed by atoms with Crippen molar-refractivity contribution in [1.82, 2.24) is 4.90 Å². The SMILES string of the molecule is CCN1CCN(c2ccc(NS(=O)(=O)c3ccc(C)cc3)c(F)c2)CC1. The van der Waals surface area contributed by atoms with Crippen molar-refractivity contribution in [2.24, 2.45) is 0 Å². The Morgan fingerprint density at radius 3 is 2.27 bits per heavy atom. The lowest BCUT2D eigenvalue weighted by Gasteiger charge is -2.35. The second kappa shape index (κ2) is 7.63. The van der Waals surface area contributed by atoms with Gasteiger partial charge in [0.25, 0.3) is 10.0 Å². The van der Waals surface area contributed by atoms with Gasteiger partial charge in [-0.25, -0.2) is 12.8 Å². The first-order valence-corrected chi connectivity index (χ1v) is 10.2. The van der Waals surface area contributed by atoms with Gasteiger partial charge in [0.05, 0.1) is 10.6 Å². The Labute approximate surface area is 154 Å². The Morgan fingerprint density at radius 1 is 1.04 bits per heavy atom. The van der Waals surface area contributed by atoms with Crippen molar-refractivity contribution in [2.75, 3.05) is 42.3 Å². The standard InChI is InChI=1S/C19H24FN3O2S/c1-3-22-10-12-23(13-11-22)16-6-9-19(18(20)14-16)21-26(24,25)17-7-4-15(2)5-8-17/h4-9,14,21H,3,10-13H2,1-2H3. The van der Waals surface area contributed by atoms with E-state index in [2.05, 4.69) is 21.4 Å². The third kappa shape index (κ3) is 4.16. The predicted molar refractivity (Wildman–Crippen MR) is 103 cm³/mol. The summed E-state index contributed by atoms with van der Waals surface area (Å²) >= 11 is 0. The smallest absolute Gasteiger partial charge is 0.261 e. The highest BCUT2D eigenvalue weighted by Gasteiger charge is 2.19. The summed E-state index contributed by atoms with van der Waals surface area (Å²) in [7, 11) is -3.81. The summed E-state index contributed by atoms with van der Waals surface area (Å²) in [6.07, 6.45) is 0. The van der Waals surface area contributed by atoms with E-state index in [1.165, 1.54) is 24.3 Å². The number of aryl methyl sites for hydroxylation is 1. The summed E-state index contributed by atoms with van der Waals surface area (Å²) in [6.45, 7) is 8.58.